The van der Waals surface area contributed by atoms with Crippen LogP contribution in [0.2, 0.25) is 0 Å². The second kappa shape index (κ2) is 8.81. The number of halogens is 2. The largest absolute Gasteiger partial charge is 0.377 e. The van der Waals surface area contributed by atoms with Crippen molar-refractivity contribution in [3.63, 3.8) is 0 Å². The minimum atomic E-state index is -3.99. The number of aryl methyl sites for hydroxylation is 3. The van der Waals surface area contributed by atoms with E-state index >= 15 is 0 Å². The molecule has 0 saturated heterocycles. The van der Waals surface area contributed by atoms with Crippen molar-refractivity contribution in [3.8, 4) is 5.75 Å². The molecule has 4 nitrogen and oxygen atoms in total. The molecule has 0 bridgehead atoms. The van der Waals surface area contributed by atoms with Crippen molar-refractivity contribution in [1.29, 1.82) is 0 Å². The molecular formula is C22H19Br2NO3S. The average molecular weight is 537 g/mol. The molecule has 0 unspecified atom stereocenters. The van der Waals surface area contributed by atoms with Crippen molar-refractivity contribution >= 4 is 53.9 Å². The SMILES string of the molecule is Cc1ccc(S(=O)(=O)Oc2c(Br)cc(Br)cc2C=Nc2cc(C)ccc2C)cc1. The molecule has 3 aromatic rings. The molecule has 0 amide bonds. The van der Waals surface area contributed by atoms with E-state index in [9.17, 15) is 8.42 Å². The Morgan fingerprint density at radius 1 is 0.897 bits per heavy atom. The predicted molar refractivity (Wildman–Crippen MR) is 124 cm³/mol. The van der Waals surface area contributed by atoms with E-state index in [0.717, 1.165) is 26.9 Å². The molecule has 0 aliphatic rings. The van der Waals surface area contributed by atoms with Gasteiger partial charge in [0.05, 0.1) is 10.2 Å². The Morgan fingerprint density at radius 2 is 1.55 bits per heavy atom. The fourth-order valence-electron chi connectivity index (χ4n) is 2.62. The van der Waals surface area contributed by atoms with Gasteiger partial charge in [-0.1, -0.05) is 45.8 Å². The number of rotatable bonds is 5. The summed E-state index contributed by atoms with van der Waals surface area (Å²) in [5.74, 6) is 0.183. The van der Waals surface area contributed by atoms with Crippen molar-refractivity contribution in [2.45, 2.75) is 25.7 Å². The van der Waals surface area contributed by atoms with Gasteiger partial charge in [0.25, 0.3) is 0 Å². The van der Waals surface area contributed by atoms with Gasteiger partial charge >= 0.3 is 10.1 Å². The van der Waals surface area contributed by atoms with Gasteiger partial charge in [0.1, 0.15) is 4.90 Å². The van der Waals surface area contributed by atoms with E-state index in [-0.39, 0.29) is 10.6 Å². The Hall–Kier alpha value is -1.96. The smallest absolute Gasteiger partial charge is 0.339 e. The molecule has 0 heterocycles. The van der Waals surface area contributed by atoms with Crippen LogP contribution < -0.4 is 4.18 Å². The minimum absolute atomic E-state index is 0.0929. The number of benzene rings is 3. The summed E-state index contributed by atoms with van der Waals surface area (Å²) < 4.78 is 32.3. The lowest BCUT2D eigenvalue weighted by atomic mass is 10.1. The lowest BCUT2D eigenvalue weighted by Crippen LogP contribution is -2.11. The Balaban J connectivity index is 2.02. The number of hydrogen-bond acceptors (Lipinski definition) is 4. The highest BCUT2D eigenvalue weighted by Crippen LogP contribution is 2.34. The molecule has 0 radical (unpaired) electrons. The van der Waals surface area contributed by atoms with Crippen LogP contribution in [0.25, 0.3) is 0 Å². The van der Waals surface area contributed by atoms with E-state index in [1.54, 1.807) is 30.5 Å². The second-order valence-corrected chi connectivity index (χ2v) is 10.0. The Bertz CT molecular complexity index is 1190. The zero-order valence-electron chi connectivity index (χ0n) is 16.1. The topological polar surface area (TPSA) is 55.7 Å². The molecular weight excluding hydrogens is 518 g/mol. The second-order valence-electron chi connectivity index (χ2n) is 6.70. The van der Waals surface area contributed by atoms with Gasteiger partial charge in [0.15, 0.2) is 5.75 Å². The third-order valence-corrected chi connectivity index (χ3v) is 6.53. The number of nitrogens with zero attached hydrogens (tertiary/aromatic N) is 1. The molecule has 0 spiro atoms. The Kier molecular flexibility index (Phi) is 6.61. The maximum absolute atomic E-state index is 12.8. The molecule has 0 aliphatic carbocycles. The molecule has 0 N–H and O–H groups in total. The van der Waals surface area contributed by atoms with Crippen molar-refractivity contribution in [1.82, 2.24) is 0 Å². The van der Waals surface area contributed by atoms with Crippen molar-refractivity contribution in [2.75, 3.05) is 0 Å². The van der Waals surface area contributed by atoms with Gasteiger partial charge in [-0.2, -0.15) is 8.42 Å². The lowest BCUT2D eigenvalue weighted by Gasteiger charge is -2.12. The number of hydrogen-bond donors (Lipinski definition) is 0. The molecule has 29 heavy (non-hydrogen) atoms. The first-order chi connectivity index (χ1) is 13.7. The Morgan fingerprint density at radius 3 is 2.24 bits per heavy atom. The highest BCUT2D eigenvalue weighted by atomic mass is 79.9. The molecule has 3 rings (SSSR count). The van der Waals surface area contributed by atoms with Crippen LogP contribution in [0.4, 0.5) is 5.69 Å². The minimum Gasteiger partial charge on any atom is -0.377 e. The van der Waals surface area contributed by atoms with Crippen LogP contribution in [-0.2, 0) is 10.1 Å². The normalized spacial score (nSPS) is 11.8. The summed E-state index contributed by atoms with van der Waals surface area (Å²) in [4.78, 5) is 4.65. The third kappa shape index (κ3) is 5.35. The van der Waals surface area contributed by atoms with Gasteiger partial charge < -0.3 is 4.18 Å². The first-order valence-electron chi connectivity index (χ1n) is 8.77. The van der Waals surface area contributed by atoms with Gasteiger partial charge in [-0.25, -0.2) is 0 Å². The predicted octanol–water partition coefficient (Wildman–Crippen LogP) is 6.66. The quantitative estimate of drug-likeness (QED) is 0.271. The molecule has 0 aromatic heterocycles. The molecule has 0 saturated carbocycles. The first-order valence-corrected chi connectivity index (χ1v) is 11.8. The van der Waals surface area contributed by atoms with E-state index in [2.05, 4.69) is 36.9 Å². The molecule has 3 aromatic carbocycles. The zero-order valence-corrected chi connectivity index (χ0v) is 20.1. The van der Waals surface area contributed by atoms with Crippen molar-refractivity contribution in [3.05, 3.63) is 85.8 Å². The van der Waals surface area contributed by atoms with E-state index in [4.69, 9.17) is 4.18 Å². The maximum atomic E-state index is 12.8. The molecule has 7 heteroatoms. The molecule has 0 aliphatic heterocycles. The summed E-state index contributed by atoms with van der Waals surface area (Å²) in [5.41, 5.74) is 4.43. The van der Waals surface area contributed by atoms with Gasteiger partial charge in [-0.05, 0) is 78.2 Å². The van der Waals surface area contributed by atoms with Crippen LogP contribution in [0.15, 0.2) is 73.4 Å². The van der Waals surface area contributed by atoms with E-state index in [1.165, 1.54) is 12.1 Å². The average Bonchev–Trinajstić information content (AvgIpc) is 2.65. The van der Waals surface area contributed by atoms with E-state index in [0.29, 0.717) is 10.0 Å². The van der Waals surface area contributed by atoms with Crippen LogP contribution in [0.1, 0.15) is 22.3 Å². The molecule has 0 fully saturated rings. The van der Waals surface area contributed by atoms with Gasteiger partial charge in [-0.15, -0.1) is 0 Å². The van der Waals surface area contributed by atoms with Gasteiger partial charge in [0, 0.05) is 16.3 Å². The standard InChI is InChI=1S/C22H19Br2NO3S/c1-14-5-8-19(9-6-14)29(26,27)28-22-17(11-18(23)12-20(22)24)13-25-21-10-15(2)4-7-16(21)3/h4-13H,1-3H3. The van der Waals surface area contributed by atoms with E-state index < -0.39 is 10.1 Å². The summed E-state index contributed by atoms with van der Waals surface area (Å²) >= 11 is 6.84. The highest BCUT2D eigenvalue weighted by Gasteiger charge is 2.20. The van der Waals surface area contributed by atoms with Crippen molar-refractivity contribution in [2.24, 2.45) is 4.99 Å². The van der Waals surface area contributed by atoms with Crippen LogP contribution in [0.5, 0.6) is 5.75 Å². The maximum Gasteiger partial charge on any atom is 0.339 e. The van der Waals surface area contributed by atoms with Crippen LogP contribution >= 0.6 is 31.9 Å². The van der Waals surface area contributed by atoms with Crippen LogP contribution in [0.3, 0.4) is 0 Å². The van der Waals surface area contributed by atoms with Crippen molar-refractivity contribution < 1.29 is 12.6 Å². The summed E-state index contributed by atoms with van der Waals surface area (Å²) in [7, 11) is -3.99. The van der Waals surface area contributed by atoms with E-state index in [1.807, 2.05) is 39.0 Å². The first kappa shape index (κ1) is 21.7. The van der Waals surface area contributed by atoms with Crippen LogP contribution in [-0.4, -0.2) is 14.6 Å². The zero-order chi connectivity index (χ0) is 21.2. The van der Waals surface area contributed by atoms with Gasteiger partial charge in [-0.3, -0.25) is 4.99 Å². The number of aliphatic imine (C=N–C) groups is 1. The summed E-state index contributed by atoms with van der Waals surface area (Å²) in [5, 5.41) is 0. The summed E-state index contributed by atoms with van der Waals surface area (Å²) in [6, 6.07) is 16.0. The highest BCUT2D eigenvalue weighted by molar-refractivity contribution is 9.11. The fourth-order valence-corrected chi connectivity index (χ4v) is 5.04. The lowest BCUT2D eigenvalue weighted by molar-refractivity contribution is 0.484. The fraction of sp³-hybridized carbons (Fsp3) is 0.136. The molecule has 0 atom stereocenters. The Labute approximate surface area is 188 Å². The summed E-state index contributed by atoms with van der Waals surface area (Å²) in [6.07, 6.45) is 1.61. The summed E-state index contributed by atoms with van der Waals surface area (Å²) in [6.45, 7) is 5.86. The molecule has 150 valence electrons. The van der Waals surface area contributed by atoms with Gasteiger partial charge in [0.2, 0.25) is 0 Å². The monoisotopic (exact) mass is 535 g/mol. The van der Waals surface area contributed by atoms with Crippen LogP contribution in [0, 0.1) is 20.8 Å². The third-order valence-electron chi connectivity index (χ3n) is 4.25.